The van der Waals surface area contributed by atoms with Crippen LogP contribution in [0.5, 0.6) is 0 Å². The second-order valence-corrected chi connectivity index (χ2v) is 5.70. The molecule has 1 aromatic heterocycles. The van der Waals surface area contributed by atoms with Gasteiger partial charge in [0, 0.05) is 12.4 Å². The summed E-state index contributed by atoms with van der Waals surface area (Å²) < 4.78 is 44.2. The molecule has 8 heteroatoms. The van der Waals surface area contributed by atoms with E-state index in [4.69, 9.17) is 4.74 Å². The highest BCUT2D eigenvalue weighted by Crippen LogP contribution is 2.51. The molecule has 5 nitrogen and oxygen atoms in total. The van der Waals surface area contributed by atoms with Crippen molar-refractivity contribution in [1.82, 2.24) is 9.97 Å². The van der Waals surface area contributed by atoms with E-state index >= 15 is 0 Å². The molecule has 25 heavy (non-hydrogen) atoms. The van der Waals surface area contributed by atoms with Crippen LogP contribution in [-0.2, 0) is 15.7 Å². The maximum atomic E-state index is 13.0. The van der Waals surface area contributed by atoms with Crippen molar-refractivity contribution in [3.05, 3.63) is 53.9 Å². The van der Waals surface area contributed by atoms with Crippen molar-refractivity contribution in [2.75, 3.05) is 18.5 Å². The Morgan fingerprint density at radius 1 is 1.20 bits per heavy atom. The zero-order valence-corrected chi connectivity index (χ0v) is 13.2. The van der Waals surface area contributed by atoms with Gasteiger partial charge in [-0.1, -0.05) is 18.2 Å². The molecule has 0 bridgehead atoms. The Labute approximate surface area is 142 Å². The average Bonchev–Trinajstić information content (AvgIpc) is 3.39. The van der Waals surface area contributed by atoms with Crippen molar-refractivity contribution in [2.45, 2.75) is 18.5 Å². The summed E-state index contributed by atoms with van der Waals surface area (Å²) in [6.07, 6.45) is -0.892. The van der Waals surface area contributed by atoms with Gasteiger partial charge in [-0.25, -0.2) is 9.97 Å². The average molecular weight is 351 g/mol. The van der Waals surface area contributed by atoms with Gasteiger partial charge in [-0.15, -0.1) is 0 Å². The van der Waals surface area contributed by atoms with Crippen LogP contribution in [0.3, 0.4) is 0 Å². The van der Waals surface area contributed by atoms with Crippen LogP contribution in [0.4, 0.5) is 19.1 Å². The molecule has 1 saturated carbocycles. The standard InChI is InChI=1S/C17H16F3N3O2/c18-17(19,20)14-5-2-1-4-11(14)12-10-13(12)15(24)25-9-8-23-16-21-6-3-7-22-16/h1-7,12-13H,8-10H2,(H,21,22,23). The Morgan fingerprint density at radius 3 is 2.64 bits per heavy atom. The molecule has 0 amide bonds. The number of nitrogens with zero attached hydrogens (tertiary/aromatic N) is 2. The topological polar surface area (TPSA) is 64.1 Å². The van der Waals surface area contributed by atoms with Crippen LogP contribution in [0.25, 0.3) is 0 Å². The van der Waals surface area contributed by atoms with Crippen LogP contribution in [-0.4, -0.2) is 29.1 Å². The Bertz CT molecular complexity index is 737. The molecule has 2 unspecified atom stereocenters. The number of benzene rings is 1. The summed E-state index contributed by atoms with van der Waals surface area (Å²) in [7, 11) is 0. The summed E-state index contributed by atoms with van der Waals surface area (Å²) in [5.41, 5.74) is -0.522. The van der Waals surface area contributed by atoms with Crippen LogP contribution in [0.15, 0.2) is 42.7 Å². The maximum Gasteiger partial charge on any atom is 0.416 e. The number of aromatic nitrogens is 2. The molecule has 1 fully saturated rings. The first-order valence-corrected chi connectivity index (χ1v) is 7.80. The lowest BCUT2D eigenvalue weighted by atomic mass is 10.0. The fraction of sp³-hybridized carbons (Fsp3) is 0.353. The van der Waals surface area contributed by atoms with E-state index < -0.39 is 29.5 Å². The molecular formula is C17H16F3N3O2. The lowest BCUT2D eigenvalue weighted by molar-refractivity contribution is -0.145. The number of carbonyl (C=O) groups is 1. The monoisotopic (exact) mass is 351 g/mol. The predicted molar refractivity (Wildman–Crippen MR) is 83.8 cm³/mol. The molecule has 132 valence electrons. The van der Waals surface area contributed by atoms with Crippen molar-refractivity contribution in [3.63, 3.8) is 0 Å². The number of anilines is 1. The summed E-state index contributed by atoms with van der Waals surface area (Å²) in [6, 6.07) is 7.04. The van der Waals surface area contributed by atoms with Crippen molar-refractivity contribution in [3.8, 4) is 0 Å². The minimum absolute atomic E-state index is 0.0984. The first-order chi connectivity index (χ1) is 12.0. The first-order valence-electron chi connectivity index (χ1n) is 7.80. The lowest BCUT2D eigenvalue weighted by Crippen LogP contribution is -2.16. The smallest absolute Gasteiger partial charge is 0.416 e. The van der Waals surface area contributed by atoms with Crippen LogP contribution >= 0.6 is 0 Å². The SMILES string of the molecule is O=C(OCCNc1ncccn1)C1CC1c1ccccc1C(F)(F)F. The molecule has 1 N–H and O–H groups in total. The summed E-state index contributed by atoms with van der Waals surface area (Å²) in [4.78, 5) is 19.9. The van der Waals surface area contributed by atoms with Gasteiger partial charge < -0.3 is 10.1 Å². The summed E-state index contributed by atoms with van der Waals surface area (Å²) >= 11 is 0. The van der Waals surface area contributed by atoms with E-state index in [1.54, 1.807) is 24.5 Å². The molecule has 0 saturated heterocycles. The van der Waals surface area contributed by atoms with Gasteiger partial charge in [-0.3, -0.25) is 4.79 Å². The van der Waals surface area contributed by atoms with E-state index in [1.165, 1.54) is 12.1 Å². The van der Waals surface area contributed by atoms with Gasteiger partial charge in [0.15, 0.2) is 0 Å². The summed E-state index contributed by atoms with van der Waals surface area (Å²) in [5, 5.41) is 2.88. The third kappa shape index (κ3) is 4.26. The van der Waals surface area contributed by atoms with E-state index in [2.05, 4.69) is 15.3 Å². The molecule has 2 atom stereocenters. The van der Waals surface area contributed by atoms with Crippen LogP contribution in [0.1, 0.15) is 23.5 Å². The Hall–Kier alpha value is -2.64. The van der Waals surface area contributed by atoms with Crippen molar-refractivity contribution in [2.24, 2.45) is 5.92 Å². The molecule has 0 aliphatic heterocycles. The lowest BCUT2D eigenvalue weighted by Gasteiger charge is -2.12. The molecule has 1 aromatic carbocycles. The second-order valence-electron chi connectivity index (χ2n) is 5.70. The third-order valence-electron chi connectivity index (χ3n) is 3.95. The number of alkyl halides is 3. The van der Waals surface area contributed by atoms with Gasteiger partial charge in [0.1, 0.15) is 6.61 Å². The first kappa shape index (κ1) is 17.2. The van der Waals surface area contributed by atoms with Gasteiger partial charge in [-0.2, -0.15) is 13.2 Å². The summed E-state index contributed by atoms with van der Waals surface area (Å²) in [6.45, 7) is 0.424. The van der Waals surface area contributed by atoms with Gasteiger partial charge in [0.25, 0.3) is 0 Å². The van der Waals surface area contributed by atoms with Crippen molar-refractivity contribution in [1.29, 1.82) is 0 Å². The highest BCUT2D eigenvalue weighted by atomic mass is 19.4. The van der Waals surface area contributed by atoms with Crippen LogP contribution in [0, 0.1) is 5.92 Å². The van der Waals surface area contributed by atoms with E-state index in [1.807, 2.05) is 0 Å². The molecule has 2 aromatic rings. The van der Waals surface area contributed by atoms with Gasteiger partial charge in [-0.05, 0) is 30.0 Å². The number of hydrogen-bond donors (Lipinski definition) is 1. The molecular weight excluding hydrogens is 335 g/mol. The molecule has 1 aliphatic rings. The van der Waals surface area contributed by atoms with Gasteiger partial charge in [0.2, 0.25) is 5.95 Å². The number of ether oxygens (including phenoxy) is 1. The number of halogens is 3. The van der Waals surface area contributed by atoms with E-state index in [0.717, 1.165) is 6.07 Å². The highest BCUT2D eigenvalue weighted by molar-refractivity contribution is 5.77. The van der Waals surface area contributed by atoms with Crippen LogP contribution in [0.2, 0.25) is 0 Å². The normalized spacial score (nSPS) is 19.3. The molecule has 1 heterocycles. The van der Waals surface area contributed by atoms with Crippen molar-refractivity contribution >= 4 is 11.9 Å². The van der Waals surface area contributed by atoms with E-state index in [9.17, 15) is 18.0 Å². The molecule has 0 spiro atoms. The molecule has 1 aliphatic carbocycles. The van der Waals surface area contributed by atoms with Crippen molar-refractivity contribution < 1.29 is 22.7 Å². The fourth-order valence-corrected chi connectivity index (χ4v) is 2.69. The Morgan fingerprint density at radius 2 is 1.92 bits per heavy atom. The predicted octanol–water partition coefficient (Wildman–Crippen LogP) is 3.25. The molecule has 3 rings (SSSR count). The minimum Gasteiger partial charge on any atom is -0.464 e. The van der Waals surface area contributed by atoms with Gasteiger partial charge >= 0.3 is 12.1 Å². The summed E-state index contributed by atoms with van der Waals surface area (Å²) in [5.74, 6) is -1.01. The quantitative estimate of drug-likeness (QED) is 0.639. The largest absolute Gasteiger partial charge is 0.464 e. The molecule has 0 radical (unpaired) electrons. The minimum atomic E-state index is -4.42. The highest BCUT2D eigenvalue weighted by Gasteiger charge is 2.48. The van der Waals surface area contributed by atoms with E-state index in [0.29, 0.717) is 18.9 Å². The number of carbonyl (C=O) groups excluding carboxylic acids is 1. The zero-order chi connectivity index (χ0) is 17.9. The Kier molecular flexibility index (Phi) is 4.87. The number of hydrogen-bond acceptors (Lipinski definition) is 5. The number of rotatable bonds is 6. The third-order valence-corrected chi connectivity index (χ3v) is 3.95. The number of esters is 1. The van der Waals surface area contributed by atoms with E-state index in [-0.39, 0.29) is 12.2 Å². The Balaban J connectivity index is 1.50. The number of nitrogens with one attached hydrogen (secondary N) is 1. The van der Waals surface area contributed by atoms with Crippen LogP contribution < -0.4 is 5.32 Å². The van der Waals surface area contributed by atoms with Gasteiger partial charge in [0.05, 0.1) is 18.0 Å². The zero-order valence-electron chi connectivity index (χ0n) is 13.2. The second kappa shape index (κ2) is 7.08. The maximum absolute atomic E-state index is 13.0. The fourth-order valence-electron chi connectivity index (χ4n) is 2.69.